The van der Waals surface area contributed by atoms with E-state index in [4.69, 9.17) is 5.73 Å². The van der Waals surface area contributed by atoms with Crippen molar-refractivity contribution < 1.29 is 22.4 Å². The van der Waals surface area contributed by atoms with Crippen LogP contribution in [0.1, 0.15) is 15.9 Å². The molecule has 1 aromatic rings. The Labute approximate surface area is 82.7 Å². The number of anilines is 1. The number of benzene rings is 1. The van der Waals surface area contributed by atoms with Crippen molar-refractivity contribution in [3.8, 4) is 0 Å². The first-order chi connectivity index (χ1) is 6.73. The lowest BCUT2D eigenvalue weighted by atomic mass is 10.1. The van der Waals surface area contributed by atoms with Gasteiger partial charge in [-0.3, -0.25) is 4.79 Å². The van der Waals surface area contributed by atoms with Crippen LogP contribution in [0, 0.1) is 12.7 Å². The van der Waals surface area contributed by atoms with Gasteiger partial charge in [0, 0.05) is 0 Å². The molecule has 0 aromatic heterocycles. The van der Waals surface area contributed by atoms with Crippen LogP contribution in [0.3, 0.4) is 0 Å². The van der Waals surface area contributed by atoms with Gasteiger partial charge in [0.2, 0.25) is 0 Å². The van der Waals surface area contributed by atoms with Crippen LogP contribution >= 0.6 is 0 Å². The summed E-state index contributed by atoms with van der Waals surface area (Å²) < 4.78 is 49.2. The van der Waals surface area contributed by atoms with E-state index in [1.165, 1.54) is 6.92 Å². The molecule has 0 atom stereocenters. The van der Waals surface area contributed by atoms with E-state index >= 15 is 0 Å². The number of nitrogens with two attached hydrogens (primary N) is 1. The van der Waals surface area contributed by atoms with Crippen molar-refractivity contribution in [2.75, 3.05) is 5.73 Å². The largest absolute Gasteiger partial charge is 0.454 e. The Kier molecular flexibility index (Phi) is 2.70. The van der Waals surface area contributed by atoms with Gasteiger partial charge in [0.15, 0.2) is 5.82 Å². The summed E-state index contributed by atoms with van der Waals surface area (Å²) in [5.41, 5.74) is 3.89. The van der Waals surface area contributed by atoms with Gasteiger partial charge in [-0.15, -0.1) is 0 Å². The van der Waals surface area contributed by atoms with Gasteiger partial charge < -0.3 is 5.73 Å². The monoisotopic (exact) mass is 221 g/mol. The molecule has 0 radical (unpaired) electrons. The standard InChI is InChI=1S/C9H7F4NO/c1-4-2-5(7(10)6(14)3-4)8(15)9(11,12)13/h2-3H,14H2,1H3. The van der Waals surface area contributed by atoms with E-state index in [2.05, 4.69) is 0 Å². The molecular weight excluding hydrogens is 214 g/mol. The second-order valence-electron chi connectivity index (χ2n) is 3.04. The minimum atomic E-state index is -5.10. The minimum absolute atomic E-state index is 0.293. The van der Waals surface area contributed by atoms with Crippen LogP contribution in [0.4, 0.5) is 23.2 Å². The Morgan fingerprint density at radius 2 is 1.87 bits per heavy atom. The molecule has 0 amide bonds. The molecule has 15 heavy (non-hydrogen) atoms. The van der Waals surface area contributed by atoms with Crippen LogP contribution in [-0.2, 0) is 0 Å². The third-order valence-corrected chi connectivity index (χ3v) is 1.75. The van der Waals surface area contributed by atoms with Crippen LogP contribution in [0.25, 0.3) is 0 Å². The number of hydrogen-bond donors (Lipinski definition) is 1. The fourth-order valence-electron chi connectivity index (χ4n) is 1.11. The van der Waals surface area contributed by atoms with Gasteiger partial charge in [-0.05, 0) is 24.6 Å². The summed E-state index contributed by atoms with van der Waals surface area (Å²) in [7, 11) is 0. The lowest BCUT2D eigenvalue weighted by Crippen LogP contribution is -2.24. The number of Topliss-reactive ketones (excluding diaryl/α,β-unsaturated/α-hetero) is 1. The van der Waals surface area contributed by atoms with E-state index < -0.39 is 29.0 Å². The predicted octanol–water partition coefficient (Wildman–Crippen LogP) is 2.46. The highest BCUT2D eigenvalue weighted by atomic mass is 19.4. The van der Waals surface area contributed by atoms with E-state index in [9.17, 15) is 22.4 Å². The molecule has 2 nitrogen and oxygen atoms in total. The zero-order chi connectivity index (χ0) is 11.8. The van der Waals surface area contributed by atoms with Gasteiger partial charge in [0.25, 0.3) is 5.78 Å². The molecule has 0 unspecified atom stereocenters. The predicted molar refractivity (Wildman–Crippen MR) is 45.9 cm³/mol. The van der Waals surface area contributed by atoms with E-state index in [-0.39, 0.29) is 0 Å². The first-order valence-electron chi connectivity index (χ1n) is 3.90. The van der Waals surface area contributed by atoms with E-state index in [1.807, 2.05) is 0 Å². The number of carbonyl (C=O) groups excluding carboxylic acids is 1. The Morgan fingerprint density at radius 1 is 1.33 bits per heavy atom. The smallest absolute Gasteiger partial charge is 0.396 e. The van der Waals surface area contributed by atoms with Crippen molar-refractivity contribution in [3.63, 3.8) is 0 Å². The number of hydrogen-bond acceptors (Lipinski definition) is 2. The molecule has 0 aliphatic carbocycles. The molecule has 0 spiro atoms. The lowest BCUT2D eigenvalue weighted by Gasteiger charge is -2.08. The summed E-state index contributed by atoms with van der Waals surface area (Å²) >= 11 is 0. The van der Waals surface area contributed by atoms with Crippen molar-refractivity contribution in [2.24, 2.45) is 0 Å². The normalized spacial score (nSPS) is 11.5. The molecule has 0 heterocycles. The van der Waals surface area contributed by atoms with Gasteiger partial charge in [0.1, 0.15) is 0 Å². The molecule has 0 aliphatic heterocycles. The molecular formula is C9H7F4NO. The van der Waals surface area contributed by atoms with Gasteiger partial charge in [0.05, 0.1) is 11.3 Å². The van der Waals surface area contributed by atoms with Crippen LogP contribution < -0.4 is 5.73 Å². The first-order valence-corrected chi connectivity index (χ1v) is 3.90. The molecule has 6 heteroatoms. The van der Waals surface area contributed by atoms with Crippen LogP contribution in [-0.4, -0.2) is 12.0 Å². The average Bonchev–Trinajstić information content (AvgIpc) is 2.08. The number of halogens is 4. The van der Waals surface area contributed by atoms with Crippen molar-refractivity contribution in [3.05, 3.63) is 29.1 Å². The second-order valence-corrected chi connectivity index (χ2v) is 3.04. The maximum atomic E-state index is 13.1. The summed E-state index contributed by atoms with van der Waals surface area (Å²) in [6.45, 7) is 1.42. The van der Waals surface area contributed by atoms with Crippen molar-refractivity contribution in [2.45, 2.75) is 13.1 Å². The molecule has 0 saturated carbocycles. The van der Waals surface area contributed by atoms with Gasteiger partial charge in [-0.25, -0.2) is 4.39 Å². The topological polar surface area (TPSA) is 43.1 Å². The summed E-state index contributed by atoms with van der Waals surface area (Å²) in [5, 5.41) is 0. The summed E-state index contributed by atoms with van der Waals surface area (Å²) in [5.74, 6) is -3.56. The number of nitrogen functional groups attached to an aromatic ring is 1. The number of carbonyl (C=O) groups is 1. The van der Waals surface area contributed by atoms with Gasteiger partial charge in [-0.2, -0.15) is 13.2 Å². The Balaban J connectivity index is 3.32. The van der Waals surface area contributed by atoms with Crippen LogP contribution in [0.5, 0.6) is 0 Å². The number of rotatable bonds is 1. The number of alkyl halides is 3. The molecule has 2 N–H and O–H groups in total. The Morgan fingerprint density at radius 3 is 2.33 bits per heavy atom. The average molecular weight is 221 g/mol. The minimum Gasteiger partial charge on any atom is -0.396 e. The maximum Gasteiger partial charge on any atom is 0.454 e. The van der Waals surface area contributed by atoms with Gasteiger partial charge in [-0.1, -0.05) is 0 Å². The Hall–Kier alpha value is -1.59. The van der Waals surface area contributed by atoms with Crippen LogP contribution in [0.2, 0.25) is 0 Å². The molecule has 0 saturated heterocycles. The molecule has 1 rings (SSSR count). The Bertz CT molecular complexity index is 411. The zero-order valence-electron chi connectivity index (χ0n) is 7.65. The van der Waals surface area contributed by atoms with Crippen molar-refractivity contribution in [1.82, 2.24) is 0 Å². The van der Waals surface area contributed by atoms with Crippen molar-refractivity contribution >= 4 is 11.5 Å². The SMILES string of the molecule is Cc1cc(N)c(F)c(C(=O)C(F)(F)F)c1. The molecule has 0 aliphatic rings. The fourth-order valence-corrected chi connectivity index (χ4v) is 1.11. The zero-order valence-corrected chi connectivity index (χ0v) is 7.65. The highest BCUT2D eigenvalue weighted by Crippen LogP contribution is 2.26. The molecule has 1 aromatic carbocycles. The van der Waals surface area contributed by atoms with Crippen molar-refractivity contribution in [1.29, 1.82) is 0 Å². The van der Waals surface area contributed by atoms with E-state index in [0.717, 1.165) is 12.1 Å². The third kappa shape index (κ3) is 2.26. The van der Waals surface area contributed by atoms with Crippen LogP contribution in [0.15, 0.2) is 12.1 Å². The second kappa shape index (κ2) is 3.52. The molecule has 0 bridgehead atoms. The maximum absolute atomic E-state index is 13.1. The number of aryl methyl sites for hydroxylation is 1. The fraction of sp³-hybridized carbons (Fsp3) is 0.222. The highest BCUT2D eigenvalue weighted by Gasteiger charge is 2.41. The van der Waals surface area contributed by atoms with E-state index in [0.29, 0.717) is 5.56 Å². The van der Waals surface area contributed by atoms with Gasteiger partial charge >= 0.3 is 6.18 Å². The number of ketones is 1. The highest BCUT2D eigenvalue weighted by molar-refractivity contribution is 6.01. The molecule has 82 valence electrons. The third-order valence-electron chi connectivity index (χ3n) is 1.75. The van der Waals surface area contributed by atoms with E-state index in [1.54, 1.807) is 0 Å². The lowest BCUT2D eigenvalue weighted by molar-refractivity contribution is -0.0887. The quantitative estimate of drug-likeness (QED) is 0.449. The summed E-state index contributed by atoms with van der Waals surface area (Å²) in [6, 6.07) is 1.98. The molecule has 0 fully saturated rings. The first kappa shape index (κ1) is 11.5. The summed E-state index contributed by atoms with van der Waals surface area (Å²) in [6.07, 6.45) is -5.10. The summed E-state index contributed by atoms with van der Waals surface area (Å²) in [4.78, 5) is 10.8.